The number of carbonyl (C=O) groups is 1. The van der Waals surface area contributed by atoms with Crippen LogP contribution >= 0.6 is 0 Å². The summed E-state index contributed by atoms with van der Waals surface area (Å²) in [5, 5.41) is 3.46. The first-order valence-electron chi connectivity index (χ1n) is 7.34. The number of anilines is 1. The van der Waals surface area contributed by atoms with Crippen LogP contribution in [-0.2, 0) is 16.1 Å². The highest BCUT2D eigenvalue weighted by molar-refractivity contribution is 5.84. The van der Waals surface area contributed by atoms with E-state index < -0.39 is 0 Å². The van der Waals surface area contributed by atoms with Crippen molar-refractivity contribution in [3.8, 4) is 0 Å². The summed E-state index contributed by atoms with van der Waals surface area (Å²) < 4.78 is 5.34. The summed E-state index contributed by atoms with van der Waals surface area (Å²) in [6.07, 6.45) is 0. The molecule has 1 aromatic carbocycles. The van der Waals surface area contributed by atoms with Crippen LogP contribution in [0.1, 0.15) is 26.3 Å². The molecule has 1 aromatic rings. The zero-order valence-corrected chi connectivity index (χ0v) is 13.1. The predicted octanol–water partition coefficient (Wildman–Crippen LogP) is 1.27. The number of ether oxygens (including phenoxy) is 1. The van der Waals surface area contributed by atoms with E-state index >= 15 is 0 Å². The van der Waals surface area contributed by atoms with Crippen LogP contribution in [0.2, 0.25) is 0 Å². The molecule has 1 heterocycles. The Hall–Kier alpha value is -1.59. The number of hydrogen-bond acceptors (Lipinski definition) is 4. The lowest BCUT2D eigenvalue weighted by Gasteiger charge is -2.35. The maximum absolute atomic E-state index is 11.5. The minimum Gasteiger partial charge on any atom is -0.377 e. The van der Waals surface area contributed by atoms with Crippen molar-refractivity contribution in [2.24, 2.45) is 5.73 Å². The second-order valence-electron chi connectivity index (χ2n) is 6.46. The molecule has 1 unspecified atom stereocenters. The summed E-state index contributed by atoms with van der Waals surface area (Å²) in [6.45, 7) is 8.94. The summed E-state index contributed by atoms with van der Waals surface area (Å²) in [6, 6.07) is 7.88. The van der Waals surface area contributed by atoms with Crippen LogP contribution in [0.5, 0.6) is 0 Å². The van der Waals surface area contributed by atoms with Gasteiger partial charge in [0, 0.05) is 24.3 Å². The number of rotatable bonds is 4. The SMILES string of the molecule is CC(C)(C)NCc1ccc(N2CCOCC2C(N)=O)cc1. The molecule has 1 atom stereocenters. The molecule has 0 aromatic heterocycles. The Morgan fingerprint density at radius 1 is 1.38 bits per heavy atom. The van der Waals surface area contributed by atoms with Crippen LogP contribution in [0.15, 0.2) is 24.3 Å². The quantitative estimate of drug-likeness (QED) is 0.876. The molecule has 21 heavy (non-hydrogen) atoms. The summed E-state index contributed by atoms with van der Waals surface area (Å²) in [5.41, 5.74) is 7.78. The first-order chi connectivity index (χ1) is 9.87. The van der Waals surface area contributed by atoms with Crippen molar-refractivity contribution in [2.75, 3.05) is 24.7 Å². The Morgan fingerprint density at radius 3 is 2.62 bits per heavy atom. The molecule has 5 heteroatoms. The minimum absolute atomic E-state index is 0.0972. The van der Waals surface area contributed by atoms with Gasteiger partial charge in [0.2, 0.25) is 5.91 Å². The van der Waals surface area contributed by atoms with Gasteiger partial charge in [-0.3, -0.25) is 4.79 Å². The van der Waals surface area contributed by atoms with Gasteiger partial charge in [-0.25, -0.2) is 0 Å². The van der Waals surface area contributed by atoms with Gasteiger partial charge >= 0.3 is 0 Å². The van der Waals surface area contributed by atoms with Gasteiger partial charge in [-0.2, -0.15) is 0 Å². The van der Waals surface area contributed by atoms with E-state index in [0.29, 0.717) is 19.8 Å². The van der Waals surface area contributed by atoms with Gasteiger partial charge in [0.15, 0.2) is 0 Å². The zero-order chi connectivity index (χ0) is 15.5. The lowest BCUT2D eigenvalue weighted by atomic mass is 10.1. The standard InChI is InChI=1S/C16H25N3O2/c1-16(2,3)18-10-12-4-6-13(7-5-12)19-8-9-21-11-14(19)15(17)20/h4-7,14,18H,8-11H2,1-3H3,(H2,17,20). The van der Waals surface area contributed by atoms with Crippen molar-refractivity contribution in [2.45, 2.75) is 38.9 Å². The molecule has 0 bridgehead atoms. The topological polar surface area (TPSA) is 67.6 Å². The van der Waals surface area contributed by atoms with Crippen molar-refractivity contribution in [3.05, 3.63) is 29.8 Å². The highest BCUT2D eigenvalue weighted by atomic mass is 16.5. The highest BCUT2D eigenvalue weighted by Gasteiger charge is 2.27. The average Bonchev–Trinajstić information content (AvgIpc) is 2.45. The second kappa shape index (κ2) is 6.45. The van der Waals surface area contributed by atoms with Gasteiger partial charge < -0.3 is 20.7 Å². The fraction of sp³-hybridized carbons (Fsp3) is 0.562. The molecular weight excluding hydrogens is 266 g/mol. The molecule has 1 amide bonds. The number of benzene rings is 1. The van der Waals surface area contributed by atoms with Crippen LogP contribution in [-0.4, -0.2) is 37.2 Å². The molecule has 0 radical (unpaired) electrons. The van der Waals surface area contributed by atoms with Crippen molar-refractivity contribution < 1.29 is 9.53 Å². The summed E-state index contributed by atoms with van der Waals surface area (Å²) in [4.78, 5) is 13.5. The van der Waals surface area contributed by atoms with Crippen molar-refractivity contribution >= 4 is 11.6 Å². The van der Waals surface area contributed by atoms with E-state index in [0.717, 1.165) is 12.2 Å². The van der Waals surface area contributed by atoms with E-state index in [1.807, 2.05) is 17.0 Å². The molecule has 0 spiro atoms. The molecule has 1 saturated heterocycles. The van der Waals surface area contributed by atoms with Gasteiger partial charge in [0.25, 0.3) is 0 Å². The number of nitrogens with zero attached hydrogens (tertiary/aromatic N) is 1. The fourth-order valence-corrected chi connectivity index (χ4v) is 2.32. The Morgan fingerprint density at radius 2 is 2.05 bits per heavy atom. The van der Waals surface area contributed by atoms with E-state index in [1.165, 1.54) is 5.56 Å². The third kappa shape index (κ3) is 4.44. The zero-order valence-electron chi connectivity index (χ0n) is 13.1. The molecule has 3 N–H and O–H groups in total. The predicted molar refractivity (Wildman–Crippen MR) is 84.2 cm³/mol. The normalized spacial score (nSPS) is 19.6. The van der Waals surface area contributed by atoms with Crippen molar-refractivity contribution in [1.82, 2.24) is 5.32 Å². The molecule has 0 aliphatic carbocycles. The van der Waals surface area contributed by atoms with Crippen molar-refractivity contribution in [3.63, 3.8) is 0 Å². The number of amides is 1. The lowest BCUT2D eigenvalue weighted by molar-refractivity contribution is -0.121. The van der Waals surface area contributed by atoms with Crippen LogP contribution in [0.25, 0.3) is 0 Å². The molecule has 1 aliphatic rings. The molecule has 2 rings (SSSR count). The Kier molecular flexibility index (Phi) is 4.85. The van der Waals surface area contributed by atoms with Crippen LogP contribution in [0.4, 0.5) is 5.69 Å². The largest absolute Gasteiger partial charge is 0.377 e. The lowest BCUT2D eigenvalue weighted by Crippen LogP contribution is -2.52. The van der Waals surface area contributed by atoms with Gasteiger partial charge in [-0.15, -0.1) is 0 Å². The first-order valence-corrected chi connectivity index (χ1v) is 7.34. The molecule has 116 valence electrons. The van der Waals surface area contributed by atoms with Crippen LogP contribution < -0.4 is 16.0 Å². The average molecular weight is 291 g/mol. The van der Waals surface area contributed by atoms with Gasteiger partial charge in [-0.05, 0) is 38.5 Å². The molecule has 1 fully saturated rings. The maximum atomic E-state index is 11.5. The number of hydrogen-bond donors (Lipinski definition) is 2. The number of primary amides is 1. The van der Waals surface area contributed by atoms with E-state index in [-0.39, 0.29) is 17.5 Å². The van der Waals surface area contributed by atoms with E-state index in [2.05, 4.69) is 38.2 Å². The fourth-order valence-electron chi connectivity index (χ4n) is 2.32. The molecule has 1 aliphatic heterocycles. The number of morpholine rings is 1. The Balaban J connectivity index is 2.05. The second-order valence-corrected chi connectivity index (χ2v) is 6.46. The van der Waals surface area contributed by atoms with Crippen LogP contribution in [0.3, 0.4) is 0 Å². The van der Waals surface area contributed by atoms with Gasteiger partial charge in [-0.1, -0.05) is 12.1 Å². The number of nitrogens with two attached hydrogens (primary N) is 1. The minimum atomic E-state index is -0.377. The van der Waals surface area contributed by atoms with E-state index in [9.17, 15) is 4.79 Å². The molecule has 5 nitrogen and oxygen atoms in total. The summed E-state index contributed by atoms with van der Waals surface area (Å²) in [5.74, 6) is -0.340. The summed E-state index contributed by atoms with van der Waals surface area (Å²) in [7, 11) is 0. The smallest absolute Gasteiger partial charge is 0.242 e. The third-order valence-electron chi connectivity index (χ3n) is 3.55. The highest BCUT2D eigenvalue weighted by Crippen LogP contribution is 2.20. The van der Waals surface area contributed by atoms with Gasteiger partial charge in [0.05, 0.1) is 13.2 Å². The first kappa shape index (κ1) is 15.8. The maximum Gasteiger partial charge on any atom is 0.242 e. The van der Waals surface area contributed by atoms with Crippen LogP contribution in [0, 0.1) is 0 Å². The molecular formula is C16H25N3O2. The van der Waals surface area contributed by atoms with Gasteiger partial charge in [0.1, 0.15) is 6.04 Å². The van der Waals surface area contributed by atoms with E-state index in [4.69, 9.17) is 10.5 Å². The third-order valence-corrected chi connectivity index (χ3v) is 3.55. The van der Waals surface area contributed by atoms with E-state index in [1.54, 1.807) is 0 Å². The van der Waals surface area contributed by atoms with Crippen molar-refractivity contribution in [1.29, 1.82) is 0 Å². The summed E-state index contributed by atoms with van der Waals surface area (Å²) >= 11 is 0. The number of nitrogens with one attached hydrogen (secondary N) is 1. The molecule has 0 saturated carbocycles. The number of carbonyl (C=O) groups excluding carboxylic acids is 1. The Bertz CT molecular complexity index is 479. The Labute approximate surface area is 126 Å². The monoisotopic (exact) mass is 291 g/mol.